The summed E-state index contributed by atoms with van der Waals surface area (Å²) in [5, 5.41) is 7.32. The number of benzene rings is 2. The van der Waals surface area contributed by atoms with E-state index in [1.54, 1.807) is 42.7 Å². The minimum Gasteiger partial charge on any atom is -0.493 e. The van der Waals surface area contributed by atoms with Crippen LogP contribution in [0, 0.1) is 0 Å². The molecule has 232 valence electrons. The van der Waals surface area contributed by atoms with E-state index >= 15 is 0 Å². The Morgan fingerprint density at radius 2 is 0.841 bits per heavy atom. The number of pyridine rings is 2. The fourth-order valence-corrected chi connectivity index (χ4v) is 5.61. The van der Waals surface area contributed by atoms with E-state index < -0.39 is 0 Å². The fourth-order valence-electron chi connectivity index (χ4n) is 5.61. The van der Waals surface area contributed by atoms with E-state index in [1.807, 2.05) is 48.8 Å². The first kappa shape index (κ1) is 30.6. The number of aromatic nitrogens is 2. The van der Waals surface area contributed by atoms with Crippen LogP contribution in [0.5, 0.6) is 34.5 Å². The number of hydrogen-bond acceptors (Lipinski definition) is 10. The van der Waals surface area contributed by atoms with Gasteiger partial charge in [-0.05, 0) is 74.2 Å². The van der Waals surface area contributed by atoms with Crippen molar-refractivity contribution in [1.29, 1.82) is 0 Å². The molecule has 10 heteroatoms. The van der Waals surface area contributed by atoms with E-state index in [-0.39, 0.29) is 0 Å². The van der Waals surface area contributed by atoms with Gasteiger partial charge >= 0.3 is 0 Å². The van der Waals surface area contributed by atoms with Gasteiger partial charge in [-0.2, -0.15) is 0 Å². The Morgan fingerprint density at radius 1 is 0.500 bits per heavy atom. The van der Waals surface area contributed by atoms with Gasteiger partial charge < -0.3 is 39.1 Å². The SMILES string of the molecule is COc1cc(-c2ccc(NC3CCC(Nc4ccc(-c5cc(OC)c(OC)c(OC)c5)nc4)CC3)cn2)cc(OC)c1OC. The third-order valence-corrected chi connectivity index (χ3v) is 7.92. The Hall–Kier alpha value is -4.86. The predicted molar refractivity (Wildman–Crippen MR) is 172 cm³/mol. The van der Waals surface area contributed by atoms with Crippen LogP contribution < -0.4 is 39.1 Å². The Balaban J connectivity index is 1.15. The minimum absolute atomic E-state index is 0.391. The van der Waals surface area contributed by atoms with E-state index in [1.165, 1.54) is 0 Å². The molecular formula is C34H40N4O6. The van der Waals surface area contributed by atoms with Crippen molar-refractivity contribution in [3.05, 3.63) is 60.9 Å². The van der Waals surface area contributed by atoms with Crippen LogP contribution in [0.3, 0.4) is 0 Å². The first-order valence-electron chi connectivity index (χ1n) is 14.6. The summed E-state index contributed by atoms with van der Waals surface area (Å²) in [5.41, 5.74) is 5.45. The molecule has 1 aliphatic carbocycles. The zero-order valence-corrected chi connectivity index (χ0v) is 26.1. The summed E-state index contributed by atoms with van der Waals surface area (Å²) >= 11 is 0. The normalized spacial score (nSPS) is 16.0. The average Bonchev–Trinajstić information content (AvgIpc) is 3.08. The van der Waals surface area contributed by atoms with Crippen molar-refractivity contribution in [3.63, 3.8) is 0 Å². The van der Waals surface area contributed by atoms with Crippen molar-refractivity contribution in [2.75, 3.05) is 53.3 Å². The van der Waals surface area contributed by atoms with Crippen LogP contribution in [0.15, 0.2) is 60.9 Å². The molecule has 2 N–H and O–H groups in total. The maximum Gasteiger partial charge on any atom is 0.203 e. The maximum absolute atomic E-state index is 5.49. The van der Waals surface area contributed by atoms with Crippen molar-refractivity contribution < 1.29 is 28.4 Å². The molecular weight excluding hydrogens is 560 g/mol. The summed E-state index contributed by atoms with van der Waals surface area (Å²) in [5.74, 6) is 3.52. The Bertz CT molecular complexity index is 1370. The Kier molecular flexibility index (Phi) is 9.79. The first-order valence-corrected chi connectivity index (χ1v) is 14.6. The minimum atomic E-state index is 0.391. The molecule has 2 heterocycles. The molecule has 0 amide bonds. The number of methoxy groups -OCH3 is 6. The van der Waals surface area contributed by atoms with E-state index in [2.05, 4.69) is 22.8 Å². The van der Waals surface area contributed by atoms with Crippen LogP contribution in [0.1, 0.15) is 25.7 Å². The van der Waals surface area contributed by atoms with Crippen LogP contribution in [0.4, 0.5) is 11.4 Å². The summed E-state index contributed by atoms with van der Waals surface area (Å²) in [6, 6.07) is 16.5. The van der Waals surface area contributed by atoms with Crippen molar-refractivity contribution in [2.45, 2.75) is 37.8 Å². The van der Waals surface area contributed by atoms with Crippen molar-refractivity contribution in [3.8, 4) is 57.0 Å². The molecule has 4 aromatic rings. The van der Waals surface area contributed by atoms with Gasteiger partial charge in [-0.3, -0.25) is 9.97 Å². The van der Waals surface area contributed by atoms with Crippen LogP contribution in [-0.2, 0) is 0 Å². The van der Waals surface area contributed by atoms with Crippen molar-refractivity contribution in [2.24, 2.45) is 0 Å². The summed E-state index contributed by atoms with van der Waals surface area (Å²) in [7, 11) is 9.62. The molecule has 1 saturated carbocycles. The highest BCUT2D eigenvalue weighted by Crippen LogP contribution is 2.42. The first-order chi connectivity index (χ1) is 21.5. The molecule has 1 aliphatic rings. The molecule has 0 spiro atoms. The van der Waals surface area contributed by atoms with Gasteiger partial charge in [-0.15, -0.1) is 0 Å². The van der Waals surface area contributed by atoms with E-state index in [9.17, 15) is 0 Å². The Labute approximate surface area is 258 Å². The number of rotatable bonds is 12. The average molecular weight is 601 g/mol. The van der Waals surface area contributed by atoms with Gasteiger partial charge in [0.15, 0.2) is 23.0 Å². The third-order valence-electron chi connectivity index (χ3n) is 7.92. The monoisotopic (exact) mass is 600 g/mol. The second kappa shape index (κ2) is 14.1. The van der Waals surface area contributed by atoms with Gasteiger partial charge in [0.1, 0.15) is 0 Å². The van der Waals surface area contributed by atoms with Crippen LogP contribution >= 0.6 is 0 Å². The van der Waals surface area contributed by atoms with Gasteiger partial charge in [0.05, 0.1) is 77.8 Å². The largest absolute Gasteiger partial charge is 0.493 e. The van der Waals surface area contributed by atoms with E-state index in [0.717, 1.165) is 59.6 Å². The number of ether oxygens (including phenoxy) is 6. The topological polar surface area (TPSA) is 105 Å². The summed E-state index contributed by atoms with van der Waals surface area (Å²) in [6.07, 6.45) is 7.99. The van der Waals surface area contributed by atoms with Crippen molar-refractivity contribution in [1.82, 2.24) is 9.97 Å². The maximum atomic E-state index is 5.49. The van der Waals surface area contributed by atoms with E-state index in [4.69, 9.17) is 38.4 Å². The Morgan fingerprint density at radius 3 is 1.09 bits per heavy atom. The van der Waals surface area contributed by atoms with Crippen LogP contribution in [0.25, 0.3) is 22.5 Å². The number of nitrogens with one attached hydrogen (secondary N) is 2. The molecule has 44 heavy (non-hydrogen) atoms. The fraction of sp³-hybridized carbons (Fsp3) is 0.353. The molecule has 2 aromatic heterocycles. The molecule has 0 atom stereocenters. The molecule has 0 unspecified atom stereocenters. The predicted octanol–water partition coefficient (Wildman–Crippen LogP) is 6.70. The number of anilines is 2. The lowest BCUT2D eigenvalue weighted by Gasteiger charge is -2.30. The van der Waals surface area contributed by atoms with Gasteiger partial charge in [0, 0.05) is 23.2 Å². The molecule has 10 nitrogen and oxygen atoms in total. The number of nitrogens with zero attached hydrogens (tertiary/aromatic N) is 2. The third kappa shape index (κ3) is 6.69. The summed E-state index contributed by atoms with van der Waals surface area (Å²) in [4.78, 5) is 9.39. The quantitative estimate of drug-likeness (QED) is 0.183. The number of hydrogen-bond donors (Lipinski definition) is 2. The summed E-state index contributed by atoms with van der Waals surface area (Å²) < 4.78 is 32.8. The van der Waals surface area contributed by atoms with Gasteiger partial charge in [-0.25, -0.2) is 0 Å². The van der Waals surface area contributed by atoms with Crippen LogP contribution in [0.2, 0.25) is 0 Å². The van der Waals surface area contributed by atoms with Crippen molar-refractivity contribution >= 4 is 11.4 Å². The van der Waals surface area contributed by atoms with Gasteiger partial charge in [-0.1, -0.05) is 0 Å². The molecule has 1 fully saturated rings. The molecule has 2 aromatic carbocycles. The zero-order valence-electron chi connectivity index (χ0n) is 26.1. The molecule has 0 saturated heterocycles. The smallest absolute Gasteiger partial charge is 0.203 e. The van der Waals surface area contributed by atoms with Crippen LogP contribution in [-0.4, -0.2) is 64.7 Å². The molecule has 0 radical (unpaired) electrons. The highest BCUT2D eigenvalue weighted by Gasteiger charge is 2.22. The lowest BCUT2D eigenvalue weighted by atomic mass is 9.91. The standard InChI is InChI=1S/C34H40N4O6/c1-39-29-15-21(16-30(40-2)33(29)43-5)27-13-11-25(19-35-27)37-23-7-9-24(10-8-23)38-26-12-14-28(36-20-26)22-17-31(41-3)34(44-6)32(18-22)42-4/h11-20,23-24,37-38H,7-10H2,1-6H3. The lowest BCUT2D eigenvalue weighted by Crippen LogP contribution is -2.32. The second-order valence-electron chi connectivity index (χ2n) is 10.5. The molecule has 0 bridgehead atoms. The lowest BCUT2D eigenvalue weighted by molar-refractivity contribution is 0.324. The highest BCUT2D eigenvalue weighted by molar-refractivity contribution is 5.70. The van der Waals surface area contributed by atoms with E-state index in [0.29, 0.717) is 46.6 Å². The summed E-state index contributed by atoms with van der Waals surface area (Å²) in [6.45, 7) is 0. The second-order valence-corrected chi connectivity index (χ2v) is 10.5. The zero-order chi connectivity index (χ0) is 31.1. The van der Waals surface area contributed by atoms with Gasteiger partial charge in [0.2, 0.25) is 11.5 Å². The molecule has 5 rings (SSSR count). The highest BCUT2D eigenvalue weighted by atomic mass is 16.5. The van der Waals surface area contributed by atoms with Gasteiger partial charge in [0.25, 0.3) is 0 Å². The molecule has 0 aliphatic heterocycles.